The van der Waals surface area contributed by atoms with Crippen LogP contribution in [0, 0.1) is 0 Å². The maximum Gasteiger partial charge on any atom is 0.261 e. The van der Waals surface area contributed by atoms with Crippen molar-refractivity contribution in [2.24, 2.45) is 0 Å². The Morgan fingerprint density at radius 1 is 1.26 bits per heavy atom. The Labute approximate surface area is 145 Å². The van der Waals surface area contributed by atoms with Crippen molar-refractivity contribution in [1.29, 1.82) is 0 Å². The van der Waals surface area contributed by atoms with Crippen LogP contribution in [-0.2, 0) is 9.59 Å². The Bertz CT molecular complexity index is 719. The van der Waals surface area contributed by atoms with Gasteiger partial charge < -0.3 is 4.74 Å². The zero-order chi connectivity index (χ0) is 17.1. The molecule has 1 fully saturated rings. The van der Waals surface area contributed by atoms with Gasteiger partial charge in [-0.3, -0.25) is 9.59 Å². The van der Waals surface area contributed by atoms with Crippen LogP contribution in [0.3, 0.4) is 0 Å². The third-order valence-electron chi connectivity index (χ3n) is 3.46. The molecule has 1 saturated heterocycles. The predicted octanol–water partition coefficient (Wildman–Crippen LogP) is 4.55. The van der Waals surface area contributed by atoms with Gasteiger partial charge in [-0.15, -0.1) is 0 Å². The number of hydrogen-bond donors (Lipinski definition) is 0. The van der Waals surface area contributed by atoms with E-state index in [1.54, 1.807) is 13.8 Å². The Morgan fingerprint density at radius 3 is 2.52 bits per heavy atom. The molecule has 23 heavy (non-hydrogen) atoms. The summed E-state index contributed by atoms with van der Waals surface area (Å²) < 4.78 is 5.54. The monoisotopic (exact) mass is 353 g/mol. The molecule has 0 unspecified atom stereocenters. The molecule has 1 heterocycles. The molecule has 0 atom stereocenters. The molecule has 0 bridgehead atoms. The summed E-state index contributed by atoms with van der Waals surface area (Å²) in [5.74, 6) is -0.288. The summed E-state index contributed by atoms with van der Waals surface area (Å²) in [4.78, 5) is 25.8. The van der Waals surface area contributed by atoms with E-state index in [4.69, 9.17) is 27.9 Å². The third-order valence-corrected chi connectivity index (χ3v) is 4.05. The van der Waals surface area contributed by atoms with Gasteiger partial charge in [0.25, 0.3) is 5.91 Å². The van der Waals surface area contributed by atoms with Gasteiger partial charge in [-0.1, -0.05) is 40.9 Å². The summed E-state index contributed by atoms with van der Waals surface area (Å²) in [6, 6.07) is 3.00. The van der Waals surface area contributed by atoms with Gasteiger partial charge in [-0.05, 0) is 26.8 Å². The average molecular weight is 354 g/mol. The fraction of sp³-hybridized carbons (Fsp3) is 0.294. The van der Waals surface area contributed by atoms with Crippen molar-refractivity contribution < 1.29 is 14.3 Å². The lowest BCUT2D eigenvalue weighted by Crippen LogP contribution is -2.29. The lowest BCUT2D eigenvalue weighted by Gasteiger charge is -2.17. The number of carbonyl (C=O) groups is 2. The van der Waals surface area contributed by atoms with E-state index in [2.05, 4.69) is 0 Å². The number of carbonyl (C=O) groups excluding carboxylic acids is 2. The highest BCUT2D eigenvalue weighted by Crippen LogP contribution is 2.39. The summed E-state index contributed by atoms with van der Waals surface area (Å²) >= 11 is 12.3. The first-order chi connectivity index (χ1) is 10.9. The summed E-state index contributed by atoms with van der Waals surface area (Å²) in [6.45, 7) is 5.82. The number of allylic oxidation sites excluding steroid dienone is 2. The molecule has 0 aliphatic carbocycles. The van der Waals surface area contributed by atoms with Crippen LogP contribution < -0.4 is 9.64 Å². The Morgan fingerprint density at radius 2 is 1.96 bits per heavy atom. The first-order valence-corrected chi connectivity index (χ1v) is 7.89. The summed E-state index contributed by atoms with van der Waals surface area (Å²) in [5, 5.41) is 0.551. The second kappa shape index (κ2) is 7.20. The minimum atomic E-state index is -0.348. The fourth-order valence-electron chi connectivity index (χ4n) is 2.22. The van der Waals surface area contributed by atoms with Crippen molar-refractivity contribution in [3.8, 4) is 5.75 Å². The summed E-state index contributed by atoms with van der Waals surface area (Å²) in [7, 11) is 0. The van der Waals surface area contributed by atoms with E-state index in [9.17, 15) is 9.59 Å². The predicted molar refractivity (Wildman–Crippen MR) is 92.3 cm³/mol. The molecule has 2 rings (SSSR count). The molecule has 122 valence electrons. The zero-order valence-corrected chi connectivity index (χ0v) is 14.7. The molecule has 1 aromatic carbocycles. The van der Waals surface area contributed by atoms with E-state index in [0.717, 1.165) is 10.5 Å². The molecule has 0 spiro atoms. The van der Waals surface area contributed by atoms with Crippen molar-refractivity contribution in [2.75, 3.05) is 11.5 Å². The molecule has 0 aromatic heterocycles. The highest BCUT2D eigenvalue weighted by atomic mass is 35.5. The maximum absolute atomic E-state index is 12.5. The van der Waals surface area contributed by atoms with Gasteiger partial charge in [-0.25, -0.2) is 4.90 Å². The number of anilines is 1. The van der Waals surface area contributed by atoms with Crippen LogP contribution in [0.1, 0.15) is 27.2 Å². The lowest BCUT2D eigenvalue weighted by molar-refractivity contribution is -0.120. The quantitative estimate of drug-likeness (QED) is 0.453. The van der Waals surface area contributed by atoms with E-state index in [0.29, 0.717) is 23.0 Å². The van der Waals surface area contributed by atoms with Gasteiger partial charge in [-0.2, -0.15) is 0 Å². The Hall–Kier alpha value is -1.78. The van der Waals surface area contributed by atoms with Crippen molar-refractivity contribution in [2.45, 2.75) is 27.2 Å². The van der Waals surface area contributed by atoms with E-state index >= 15 is 0 Å². The minimum absolute atomic E-state index is 0.0783. The average Bonchev–Trinajstić information content (AvgIpc) is 2.77. The number of halogens is 2. The van der Waals surface area contributed by atoms with Crippen LogP contribution >= 0.6 is 23.2 Å². The molecule has 6 heteroatoms. The van der Waals surface area contributed by atoms with Gasteiger partial charge in [0.05, 0.1) is 22.2 Å². The first-order valence-electron chi connectivity index (χ1n) is 7.13. The van der Waals surface area contributed by atoms with Gasteiger partial charge >= 0.3 is 0 Å². The SMILES string of the molecule is C/C=C/COc1cc(N2C(=O)CC(=C(C)C)C2=O)c(Cl)cc1Cl. The molecule has 1 aliphatic heterocycles. The van der Waals surface area contributed by atoms with Crippen molar-refractivity contribution in [1.82, 2.24) is 0 Å². The largest absolute Gasteiger partial charge is 0.488 e. The molecule has 1 aliphatic rings. The summed E-state index contributed by atoms with van der Waals surface area (Å²) in [5.41, 5.74) is 1.61. The van der Waals surface area contributed by atoms with Crippen LogP contribution in [0.15, 0.2) is 35.4 Å². The van der Waals surface area contributed by atoms with Gasteiger partial charge in [0.15, 0.2) is 0 Å². The number of amides is 2. The Balaban J connectivity index is 2.43. The van der Waals surface area contributed by atoms with Gasteiger partial charge in [0.1, 0.15) is 12.4 Å². The molecule has 1 aromatic rings. The van der Waals surface area contributed by atoms with Crippen LogP contribution in [0.25, 0.3) is 0 Å². The number of benzene rings is 1. The van der Waals surface area contributed by atoms with E-state index < -0.39 is 0 Å². The van der Waals surface area contributed by atoms with Crippen LogP contribution in [0.4, 0.5) is 5.69 Å². The van der Waals surface area contributed by atoms with Crippen molar-refractivity contribution >= 4 is 40.7 Å². The number of rotatable bonds is 4. The number of ether oxygens (including phenoxy) is 1. The smallest absolute Gasteiger partial charge is 0.261 e. The number of nitrogens with zero attached hydrogens (tertiary/aromatic N) is 1. The number of hydrogen-bond acceptors (Lipinski definition) is 3. The molecule has 2 amide bonds. The zero-order valence-electron chi connectivity index (χ0n) is 13.2. The minimum Gasteiger partial charge on any atom is -0.488 e. The van der Waals surface area contributed by atoms with Gasteiger partial charge in [0, 0.05) is 11.6 Å². The molecule has 0 N–H and O–H groups in total. The topological polar surface area (TPSA) is 46.6 Å². The van der Waals surface area contributed by atoms with Crippen molar-refractivity contribution in [3.63, 3.8) is 0 Å². The van der Waals surface area contributed by atoms with E-state index in [1.165, 1.54) is 12.1 Å². The first kappa shape index (κ1) is 17.6. The standard InChI is InChI=1S/C17H17Cl2NO3/c1-4-5-6-23-15-9-14(12(18)8-13(15)19)20-16(21)7-11(10(2)3)17(20)22/h4-5,8-9H,6-7H2,1-3H3/b5-4+. The normalized spacial score (nSPS) is 15.0. The van der Waals surface area contributed by atoms with E-state index in [1.807, 2.05) is 19.1 Å². The molecule has 4 nitrogen and oxygen atoms in total. The molecule has 0 radical (unpaired) electrons. The Kier molecular flexibility index (Phi) is 5.50. The van der Waals surface area contributed by atoms with Crippen LogP contribution in [0.5, 0.6) is 5.75 Å². The lowest BCUT2D eigenvalue weighted by atomic mass is 10.1. The van der Waals surface area contributed by atoms with Crippen LogP contribution in [0.2, 0.25) is 10.0 Å². The second-order valence-corrected chi connectivity index (χ2v) is 6.12. The fourth-order valence-corrected chi connectivity index (χ4v) is 2.75. The highest BCUT2D eigenvalue weighted by molar-refractivity contribution is 6.39. The second-order valence-electron chi connectivity index (χ2n) is 5.30. The van der Waals surface area contributed by atoms with Crippen LogP contribution in [-0.4, -0.2) is 18.4 Å². The molecular weight excluding hydrogens is 337 g/mol. The third kappa shape index (κ3) is 3.59. The molecule has 0 saturated carbocycles. The van der Waals surface area contributed by atoms with Crippen molar-refractivity contribution in [3.05, 3.63) is 45.5 Å². The van der Waals surface area contributed by atoms with Gasteiger partial charge in [0.2, 0.25) is 5.91 Å². The molecular formula is C17H17Cl2NO3. The maximum atomic E-state index is 12.5. The highest BCUT2D eigenvalue weighted by Gasteiger charge is 2.37. The summed E-state index contributed by atoms with van der Waals surface area (Å²) in [6.07, 6.45) is 3.74. The van der Waals surface area contributed by atoms with E-state index in [-0.39, 0.29) is 28.9 Å². The number of imide groups is 1.